The smallest absolute Gasteiger partial charge is 0.262 e. The van der Waals surface area contributed by atoms with Gasteiger partial charge >= 0.3 is 0 Å². The maximum atomic E-state index is 12.4. The van der Waals surface area contributed by atoms with Crippen LogP contribution >= 0.6 is 15.9 Å². The van der Waals surface area contributed by atoms with E-state index in [0.29, 0.717) is 18.9 Å². The van der Waals surface area contributed by atoms with Gasteiger partial charge in [0.2, 0.25) is 0 Å². The van der Waals surface area contributed by atoms with Crippen LogP contribution in [0.5, 0.6) is 0 Å². The second kappa shape index (κ2) is 4.46. The molecular weight excluding hydrogens is 296 g/mol. The molecule has 0 unspecified atom stereocenters. The molecular formula is C12H13BrN4O. The summed E-state index contributed by atoms with van der Waals surface area (Å²) in [6.07, 6.45) is 2.53. The Morgan fingerprint density at radius 1 is 1.50 bits per heavy atom. The van der Waals surface area contributed by atoms with Crippen LogP contribution in [0.15, 0.2) is 27.6 Å². The summed E-state index contributed by atoms with van der Waals surface area (Å²) in [4.78, 5) is 19.0. The summed E-state index contributed by atoms with van der Waals surface area (Å²) in [6.45, 7) is 1.93. The Kier molecular flexibility index (Phi) is 2.93. The predicted octanol–water partition coefficient (Wildman–Crippen LogP) is 0.731. The molecule has 0 radical (unpaired) electrons. The third-order valence-corrected chi connectivity index (χ3v) is 3.77. The summed E-state index contributed by atoms with van der Waals surface area (Å²) < 4.78 is 2.51. The van der Waals surface area contributed by atoms with E-state index in [-0.39, 0.29) is 5.56 Å². The van der Waals surface area contributed by atoms with Crippen LogP contribution < -0.4 is 11.3 Å². The Balaban J connectivity index is 2.23. The molecule has 0 atom stereocenters. The van der Waals surface area contributed by atoms with Crippen LogP contribution in [0.2, 0.25) is 0 Å². The van der Waals surface area contributed by atoms with Gasteiger partial charge in [0, 0.05) is 36.8 Å². The number of aromatic nitrogens is 2. The van der Waals surface area contributed by atoms with Crippen LogP contribution in [0.4, 0.5) is 0 Å². The van der Waals surface area contributed by atoms with Crippen LogP contribution in [0.3, 0.4) is 0 Å². The number of hydrogen-bond acceptors (Lipinski definition) is 4. The summed E-state index contributed by atoms with van der Waals surface area (Å²) >= 11 is 3.39. The summed E-state index contributed by atoms with van der Waals surface area (Å²) in [5.74, 6) is 0. The maximum absolute atomic E-state index is 12.4. The van der Waals surface area contributed by atoms with Crippen molar-refractivity contribution < 1.29 is 0 Å². The molecule has 0 aromatic carbocycles. The van der Waals surface area contributed by atoms with Gasteiger partial charge in [0.1, 0.15) is 5.65 Å². The fourth-order valence-electron chi connectivity index (χ4n) is 2.28. The Morgan fingerprint density at radius 2 is 2.33 bits per heavy atom. The van der Waals surface area contributed by atoms with E-state index in [4.69, 9.17) is 5.73 Å². The molecule has 0 saturated heterocycles. The van der Waals surface area contributed by atoms with E-state index in [2.05, 4.69) is 25.8 Å². The van der Waals surface area contributed by atoms with E-state index in [0.717, 1.165) is 28.7 Å². The first kappa shape index (κ1) is 11.8. The molecule has 1 aliphatic rings. The molecule has 1 aliphatic heterocycles. The number of halogens is 1. The van der Waals surface area contributed by atoms with Crippen LogP contribution in [0, 0.1) is 0 Å². The van der Waals surface area contributed by atoms with Crippen LogP contribution in [0.25, 0.3) is 5.65 Å². The first-order valence-corrected chi connectivity index (χ1v) is 6.60. The largest absolute Gasteiger partial charge is 0.318 e. The Hall–Kier alpha value is -1.24. The van der Waals surface area contributed by atoms with Gasteiger partial charge in [-0.3, -0.25) is 14.1 Å². The monoisotopic (exact) mass is 308 g/mol. The quantitative estimate of drug-likeness (QED) is 0.843. The van der Waals surface area contributed by atoms with Crippen LogP contribution in [-0.4, -0.2) is 27.5 Å². The summed E-state index contributed by atoms with van der Waals surface area (Å²) in [6, 6.07) is 3.70. The number of nitrogens with two attached hydrogens (primary N) is 1. The molecule has 0 saturated carbocycles. The van der Waals surface area contributed by atoms with E-state index in [1.54, 1.807) is 10.6 Å². The Bertz CT molecular complexity index is 667. The van der Waals surface area contributed by atoms with Crippen molar-refractivity contribution in [3.63, 3.8) is 0 Å². The summed E-state index contributed by atoms with van der Waals surface area (Å²) in [7, 11) is 0. The van der Waals surface area contributed by atoms with Crippen molar-refractivity contribution in [1.82, 2.24) is 14.3 Å². The zero-order chi connectivity index (χ0) is 12.7. The van der Waals surface area contributed by atoms with Crippen LogP contribution in [0.1, 0.15) is 11.3 Å². The number of fused-ring (bicyclic) bond motifs is 2. The topological polar surface area (TPSA) is 63.6 Å². The molecule has 0 bridgehead atoms. The molecule has 6 heteroatoms. The average molecular weight is 309 g/mol. The van der Waals surface area contributed by atoms with Crippen molar-refractivity contribution >= 4 is 21.6 Å². The lowest BCUT2D eigenvalue weighted by molar-refractivity contribution is 0.257. The molecule has 5 nitrogen and oxygen atoms in total. The SMILES string of the molecule is NCN1CCc2nc3cc(Br)ccn3c(=O)c2C1. The Labute approximate surface area is 112 Å². The molecule has 3 heterocycles. The first-order chi connectivity index (χ1) is 8.69. The molecule has 0 spiro atoms. The van der Waals surface area contributed by atoms with Crippen molar-refractivity contribution in [3.8, 4) is 0 Å². The molecule has 2 N–H and O–H groups in total. The third kappa shape index (κ3) is 1.86. The van der Waals surface area contributed by atoms with Crippen molar-refractivity contribution in [1.29, 1.82) is 0 Å². The minimum atomic E-state index is 0.0145. The Morgan fingerprint density at radius 3 is 3.11 bits per heavy atom. The van der Waals surface area contributed by atoms with E-state index in [1.807, 2.05) is 12.1 Å². The van der Waals surface area contributed by atoms with Crippen molar-refractivity contribution in [3.05, 3.63) is 44.4 Å². The maximum Gasteiger partial charge on any atom is 0.262 e. The minimum absolute atomic E-state index is 0.0145. The number of nitrogens with zero attached hydrogens (tertiary/aromatic N) is 3. The van der Waals surface area contributed by atoms with Crippen molar-refractivity contribution in [2.24, 2.45) is 5.73 Å². The molecule has 94 valence electrons. The molecule has 2 aromatic rings. The van der Waals surface area contributed by atoms with Crippen molar-refractivity contribution in [2.75, 3.05) is 13.2 Å². The number of hydrogen-bond donors (Lipinski definition) is 1. The van der Waals surface area contributed by atoms with E-state index < -0.39 is 0 Å². The second-order valence-corrected chi connectivity index (χ2v) is 5.32. The van der Waals surface area contributed by atoms with Crippen LogP contribution in [-0.2, 0) is 13.0 Å². The highest BCUT2D eigenvalue weighted by molar-refractivity contribution is 9.10. The minimum Gasteiger partial charge on any atom is -0.318 e. The van der Waals surface area contributed by atoms with E-state index in [1.165, 1.54) is 0 Å². The summed E-state index contributed by atoms with van der Waals surface area (Å²) in [5.41, 5.74) is 8.01. The average Bonchev–Trinajstić information content (AvgIpc) is 2.38. The molecule has 0 fully saturated rings. The summed E-state index contributed by atoms with van der Waals surface area (Å²) in [5, 5.41) is 0. The molecule has 2 aromatic heterocycles. The van der Waals surface area contributed by atoms with Gasteiger partial charge in [0.15, 0.2) is 0 Å². The number of rotatable bonds is 1. The van der Waals surface area contributed by atoms with Gasteiger partial charge in [-0.05, 0) is 12.1 Å². The van der Waals surface area contributed by atoms with Gasteiger partial charge in [0.25, 0.3) is 5.56 Å². The van der Waals surface area contributed by atoms with Gasteiger partial charge in [-0.1, -0.05) is 15.9 Å². The first-order valence-electron chi connectivity index (χ1n) is 5.81. The highest BCUT2D eigenvalue weighted by atomic mass is 79.9. The molecule has 0 aliphatic carbocycles. The number of pyridine rings is 1. The standard InChI is InChI=1S/C12H13BrN4O/c13-8-1-4-17-11(5-8)15-10-2-3-16(7-14)6-9(10)12(17)18/h1,4-5H,2-3,6-7,14H2. The molecule has 3 rings (SSSR count). The normalized spacial score (nSPS) is 15.9. The second-order valence-electron chi connectivity index (χ2n) is 4.40. The lowest BCUT2D eigenvalue weighted by Gasteiger charge is -2.26. The lowest BCUT2D eigenvalue weighted by Crippen LogP contribution is -2.39. The van der Waals surface area contributed by atoms with Crippen molar-refractivity contribution in [2.45, 2.75) is 13.0 Å². The van der Waals surface area contributed by atoms with Gasteiger partial charge in [-0.15, -0.1) is 0 Å². The molecule has 18 heavy (non-hydrogen) atoms. The molecule has 0 amide bonds. The predicted molar refractivity (Wildman–Crippen MR) is 72.3 cm³/mol. The van der Waals surface area contributed by atoms with Gasteiger partial charge in [-0.2, -0.15) is 0 Å². The highest BCUT2D eigenvalue weighted by Gasteiger charge is 2.20. The zero-order valence-corrected chi connectivity index (χ0v) is 11.4. The lowest BCUT2D eigenvalue weighted by atomic mass is 10.1. The van der Waals surface area contributed by atoms with E-state index >= 15 is 0 Å². The fraction of sp³-hybridized carbons (Fsp3) is 0.333. The van der Waals surface area contributed by atoms with Gasteiger partial charge in [0.05, 0.1) is 11.3 Å². The third-order valence-electron chi connectivity index (χ3n) is 3.28. The van der Waals surface area contributed by atoms with Gasteiger partial charge < -0.3 is 5.73 Å². The zero-order valence-electron chi connectivity index (χ0n) is 9.77. The fourth-order valence-corrected chi connectivity index (χ4v) is 2.61. The van der Waals surface area contributed by atoms with Gasteiger partial charge in [-0.25, -0.2) is 4.98 Å². The highest BCUT2D eigenvalue weighted by Crippen LogP contribution is 2.16. The van der Waals surface area contributed by atoms with E-state index in [9.17, 15) is 4.79 Å².